The van der Waals surface area contributed by atoms with Crippen molar-refractivity contribution in [2.45, 2.75) is 26.3 Å². The van der Waals surface area contributed by atoms with Crippen LogP contribution < -0.4 is 5.32 Å². The highest BCUT2D eigenvalue weighted by molar-refractivity contribution is 6.21. The highest BCUT2D eigenvalue weighted by Crippen LogP contribution is 2.29. The van der Waals surface area contributed by atoms with Crippen LogP contribution in [0.3, 0.4) is 0 Å². The first-order chi connectivity index (χ1) is 8.47. The Kier molecular flexibility index (Phi) is 3.32. The van der Waals surface area contributed by atoms with Crippen LogP contribution in [0.2, 0.25) is 0 Å². The Hall–Kier alpha value is -1.90. The van der Waals surface area contributed by atoms with Crippen LogP contribution in [0.25, 0.3) is 5.57 Å². The minimum atomic E-state index is -0.329. The van der Waals surface area contributed by atoms with Crippen LogP contribution in [0.1, 0.15) is 25.0 Å². The van der Waals surface area contributed by atoms with Gasteiger partial charge in [0, 0.05) is 11.6 Å². The first-order valence-corrected chi connectivity index (χ1v) is 5.96. The maximum Gasteiger partial charge on any atom is 0.252 e. The fraction of sp³-hybridized carbons (Fsp3) is 0.267. The van der Waals surface area contributed by atoms with E-state index in [0.29, 0.717) is 17.6 Å². The predicted molar refractivity (Wildman–Crippen MR) is 70.5 cm³/mol. The van der Waals surface area contributed by atoms with Crippen molar-refractivity contribution in [3.05, 3.63) is 53.4 Å². The largest absolute Gasteiger partial charge is 0.350 e. The lowest BCUT2D eigenvalue weighted by Gasteiger charge is -2.19. The summed E-state index contributed by atoms with van der Waals surface area (Å²) in [5.74, 6) is -0.512. The molecular formula is C15H16FNO. The van der Waals surface area contributed by atoms with E-state index in [1.54, 1.807) is 12.1 Å². The summed E-state index contributed by atoms with van der Waals surface area (Å²) in [6, 6.07) is 4.58. The summed E-state index contributed by atoms with van der Waals surface area (Å²) in [5, 5.41) is 2.82. The van der Waals surface area contributed by atoms with Crippen LogP contribution >= 0.6 is 0 Å². The second-order valence-electron chi connectivity index (χ2n) is 4.82. The molecule has 1 aliphatic carbocycles. The maximum absolute atomic E-state index is 13.3. The van der Waals surface area contributed by atoms with Gasteiger partial charge in [-0.1, -0.05) is 12.6 Å². The quantitative estimate of drug-likeness (QED) is 0.853. The van der Waals surface area contributed by atoms with E-state index in [2.05, 4.69) is 11.9 Å². The molecule has 0 spiro atoms. The molecule has 0 radical (unpaired) electrons. The summed E-state index contributed by atoms with van der Waals surface area (Å²) in [6.07, 6.45) is 2.40. The minimum absolute atomic E-state index is 0.0469. The van der Waals surface area contributed by atoms with Gasteiger partial charge in [0.15, 0.2) is 0 Å². The van der Waals surface area contributed by atoms with E-state index in [1.165, 1.54) is 12.1 Å². The van der Waals surface area contributed by atoms with Gasteiger partial charge < -0.3 is 5.32 Å². The van der Waals surface area contributed by atoms with Crippen LogP contribution in [-0.4, -0.2) is 11.9 Å². The van der Waals surface area contributed by atoms with E-state index in [1.807, 2.05) is 13.8 Å². The number of halogens is 1. The monoisotopic (exact) mass is 245 g/mol. The molecule has 18 heavy (non-hydrogen) atoms. The molecule has 0 fully saturated rings. The molecule has 0 atom stereocenters. The molecule has 3 heteroatoms. The first kappa shape index (κ1) is 12.6. The minimum Gasteiger partial charge on any atom is -0.350 e. The van der Waals surface area contributed by atoms with E-state index >= 15 is 0 Å². The predicted octanol–water partition coefficient (Wildman–Crippen LogP) is 2.85. The Morgan fingerprint density at radius 1 is 1.44 bits per heavy atom. The van der Waals surface area contributed by atoms with Crippen LogP contribution in [-0.2, 0) is 11.2 Å². The smallest absolute Gasteiger partial charge is 0.252 e. The van der Waals surface area contributed by atoms with Crippen molar-refractivity contribution >= 4 is 11.5 Å². The molecule has 0 bridgehead atoms. The Balaban J connectivity index is 2.43. The number of carbonyl (C=O) groups excluding carboxylic acids is 1. The SMILES string of the molecule is C=C1C=C(C(=O)NC(C)C)c2cc(F)ccc2C1. The lowest BCUT2D eigenvalue weighted by atomic mass is 9.88. The van der Waals surface area contributed by atoms with Gasteiger partial charge in [0.1, 0.15) is 5.82 Å². The number of hydrogen-bond acceptors (Lipinski definition) is 1. The molecule has 1 N–H and O–H groups in total. The lowest BCUT2D eigenvalue weighted by Crippen LogP contribution is -2.31. The lowest BCUT2D eigenvalue weighted by molar-refractivity contribution is -0.116. The fourth-order valence-corrected chi connectivity index (χ4v) is 2.06. The summed E-state index contributed by atoms with van der Waals surface area (Å²) in [4.78, 5) is 12.1. The zero-order chi connectivity index (χ0) is 13.3. The van der Waals surface area contributed by atoms with Crippen molar-refractivity contribution in [1.82, 2.24) is 5.32 Å². The van der Waals surface area contributed by atoms with E-state index in [0.717, 1.165) is 11.1 Å². The molecule has 0 heterocycles. The van der Waals surface area contributed by atoms with Gasteiger partial charge >= 0.3 is 0 Å². The van der Waals surface area contributed by atoms with Crippen molar-refractivity contribution in [2.75, 3.05) is 0 Å². The van der Waals surface area contributed by atoms with E-state index < -0.39 is 0 Å². The first-order valence-electron chi connectivity index (χ1n) is 5.96. The molecule has 94 valence electrons. The Labute approximate surface area is 106 Å². The number of amides is 1. The molecule has 0 aliphatic heterocycles. The summed E-state index contributed by atoms with van der Waals surface area (Å²) < 4.78 is 13.3. The van der Waals surface area contributed by atoms with Crippen LogP contribution in [0.5, 0.6) is 0 Å². The van der Waals surface area contributed by atoms with Gasteiger partial charge in [0.05, 0.1) is 0 Å². The third-order valence-corrected chi connectivity index (χ3v) is 2.79. The van der Waals surface area contributed by atoms with Gasteiger partial charge in [-0.05, 0) is 55.2 Å². The van der Waals surface area contributed by atoms with E-state index in [-0.39, 0.29) is 17.8 Å². The summed E-state index contributed by atoms with van der Waals surface area (Å²) in [5.41, 5.74) is 2.97. The van der Waals surface area contributed by atoms with Gasteiger partial charge in [0.2, 0.25) is 0 Å². The highest BCUT2D eigenvalue weighted by Gasteiger charge is 2.21. The van der Waals surface area contributed by atoms with Gasteiger partial charge in [0.25, 0.3) is 5.91 Å². The highest BCUT2D eigenvalue weighted by atomic mass is 19.1. The average Bonchev–Trinajstić information content (AvgIpc) is 2.27. The second-order valence-corrected chi connectivity index (χ2v) is 4.82. The van der Waals surface area contributed by atoms with Crippen LogP contribution in [0, 0.1) is 5.82 Å². The molecule has 1 aromatic carbocycles. The van der Waals surface area contributed by atoms with Gasteiger partial charge in [-0.3, -0.25) is 4.79 Å². The van der Waals surface area contributed by atoms with Crippen LogP contribution in [0.15, 0.2) is 36.4 Å². The summed E-state index contributed by atoms with van der Waals surface area (Å²) in [7, 11) is 0. The fourth-order valence-electron chi connectivity index (χ4n) is 2.06. The number of hydrogen-bond donors (Lipinski definition) is 1. The normalized spacial score (nSPS) is 14.2. The Bertz CT molecular complexity index is 543. The van der Waals surface area contributed by atoms with E-state index in [4.69, 9.17) is 0 Å². The second kappa shape index (κ2) is 4.77. The number of rotatable bonds is 2. The van der Waals surface area contributed by atoms with Crippen molar-refractivity contribution in [1.29, 1.82) is 0 Å². The van der Waals surface area contributed by atoms with Gasteiger partial charge in [-0.2, -0.15) is 0 Å². The average molecular weight is 245 g/mol. The molecule has 2 rings (SSSR count). The van der Waals surface area contributed by atoms with Gasteiger partial charge in [-0.15, -0.1) is 0 Å². The third kappa shape index (κ3) is 2.50. The molecule has 1 amide bonds. The Morgan fingerprint density at radius 3 is 2.83 bits per heavy atom. The van der Waals surface area contributed by atoms with Crippen molar-refractivity contribution < 1.29 is 9.18 Å². The molecule has 0 unspecified atom stereocenters. The zero-order valence-electron chi connectivity index (χ0n) is 10.6. The molecule has 0 saturated carbocycles. The topological polar surface area (TPSA) is 29.1 Å². The number of benzene rings is 1. The molecule has 1 aromatic rings. The number of allylic oxidation sites excluding steroid dienone is 2. The summed E-state index contributed by atoms with van der Waals surface area (Å²) in [6.45, 7) is 7.68. The standard InChI is InChI=1S/C15H16FNO/c1-9(2)17-15(18)14-7-10(3)6-11-4-5-12(16)8-13(11)14/h4-5,7-9H,3,6H2,1-2H3,(H,17,18). The molecular weight excluding hydrogens is 229 g/mol. The molecule has 0 aromatic heterocycles. The van der Waals surface area contributed by atoms with E-state index in [9.17, 15) is 9.18 Å². The third-order valence-electron chi connectivity index (χ3n) is 2.79. The maximum atomic E-state index is 13.3. The van der Waals surface area contributed by atoms with Crippen LogP contribution in [0.4, 0.5) is 4.39 Å². The number of nitrogens with one attached hydrogen (secondary N) is 1. The number of carbonyl (C=O) groups is 1. The number of fused-ring (bicyclic) bond motifs is 1. The van der Waals surface area contributed by atoms with Crippen molar-refractivity contribution in [3.8, 4) is 0 Å². The Morgan fingerprint density at radius 2 is 2.17 bits per heavy atom. The van der Waals surface area contributed by atoms with Crippen molar-refractivity contribution in [3.63, 3.8) is 0 Å². The molecule has 2 nitrogen and oxygen atoms in total. The van der Waals surface area contributed by atoms with Crippen molar-refractivity contribution in [2.24, 2.45) is 0 Å². The molecule has 1 aliphatic rings. The van der Waals surface area contributed by atoms with Gasteiger partial charge in [-0.25, -0.2) is 4.39 Å². The summed E-state index contributed by atoms with van der Waals surface area (Å²) >= 11 is 0. The molecule has 0 saturated heterocycles. The zero-order valence-corrected chi connectivity index (χ0v) is 10.6.